The monoisotopic (exact) mass is 283 g/mol. The Balaban J connectivity index is 2.47. The van der Waals surface area contributed by atoms with E-state index in [-0.39, 0.29) is 0 Å². The predicted molar refractivity (Wildman–Crippen MR) is 88.1 cm³/mol. The summed E-state index contributed by atoms with van der Waals surface area (Å²) in [6.45, 7) is 3.41. The first-order valence-electron chi connectivity index (χ1n) is 7.07. The molecule has 0 amide bonds. The lowest BCUT2D eigenvalue weighted by molar-refractivity contribution is 0.243. The van der Waals surface area contributed by atoms with Crippen LogP contribution in [0.1, 0.15) is 13.8 Å². The molecule has 2 aromatic rings. The van der Waals surface area contributed by atoms with Crippen LogP contribution in [0.25, 0.3) is 10.8 Å². The first kappa shape index (κ1) is 15.3. The number of aliphatic hydroxyl groups is 2. The molecule has 0 spiro atoms. The molecule has 2 unspecified atom stereocenters. The van der Waals surface area contributed by atoms with Crippen molar-refractivity contribution in [3.8, 4) is 0 Å². The maximum absolute atomic E-state index is 9.45. The van der Waals surface area contributed by atoms with E-state index in [9.17, 15) is 10.2 Å². The molecule has 2 rings (SSSR count). The van der Waals surface area contributed by atoms with Gasteiger partial charge in [0.05, 0.1) is 17.9 Å². The molecule has 0 heterocycles. The summed E-state index contributed by atoms with van der Waals surface area (Å²) in [7, 11) is 0. The fraction of sp³-hybridized carbons (Fsp3) is 0.222. The number of nitrogens with zero attached hydrogens (tertiary/aromatic N) is 1. The van der Waals surface area contributed by atoms with Gasteiger partial charge in [0.25, 0.3) is 0 Å². The smallest absolute Gasteiger partial charge is 0.0709 e. The highest BCUT2D eigenvalue weighted by atomic mass is 16.3. The van der Waals surface area contributed by atoms with E-state index in [2.05, 4.69) is 18.2 Å². The van der Waals surface area contributed by atoms with Crippen LogP contribution in [-0.4, -0.2) is 22.4 Å². The van der Waals surface area contributed by atoms with Crippen molar-refractivity contribution < 1.29 is 10.2 Å². The third-order valence-corrected chi connectivity index (χ3v) is 3.10. The topological polar surface area (TPSA) is 43.7 Å². The first-order valence-corrected chi connectivity index (χ1v) is 7.07. The average Bonchev–Trinajstić information content (AvgIpc) is 2.46. The zero-order valence-electron chi connectivity index (χ0n) is 12.3. The minimum Gasteiger partial charge on any atom is -0.389 e. The van der Waals surface area contributed by atoms with Gasteiger partial charge < -0.3 is 15.1 Å². The van der Waals surface area contributed by atoms with E-state index in [0.717, 1.165) is 16.5 Å². The Morgan fingerprint density at radius 1 is 0.857 bits per heavy atom. The normalized spacial score (nSPS) is 14.9. The fourth-order valence-electron chi connectivity index (χ4n) is 2.08. The molecule has 3 heteroatoms. The summed E-state index contributed by atoms with van der Waals surface area (Å²) in [5, 5.41) is 21.2. The zero-order valence-corrected chi connectivity index (χ0v) is 12.3. The van der Waals surface area contributed by atoms with Crippen molar-refractivity contribution in [2.24, 2.45) is 0 Å². The maximum atomic E-state index is 9.45. The summed E-state index contributed by atoms with van der Waals surface area (Å²) in [6, 6.07) is 14.2. The Hall–Kier alpha value is -2.10. The van der Waals surface area contributed by atoms with E-state index >= 15 is 0 Å². The first-order chi connectivity index (χ1) is 10.1. The molecule has 0 bridgehead atoms. The van der Waals surface area contributed by atoms with Gasteiger partial charge in [0, 0.05) is 17.8 Å². The van der Waals surface area contributed by atoms with Crippen LogP contribution in [0.3, 0.4) is 0 Å². The lowest BCUT2D eigenvalue weighted by Crippen LogP contribution is -2.10. The molecule has 0 fully saturated rings. The van der Waals surface area contributed by atoms with Crippen molar-refractivity contribution >= 4 is 16.5 Å². The number of hydrogen-bond acceptors (Lipinski definition) is 3. The fourth-order valence-corrected chi connectivity index (χ4v) is 2.08. The highest BCUT2D eigenvalue weighted by Crippen LogP contribution is 2.27. The molecule has 0 aromatic heterocycles. The van der Waals surface area contributed by atoms with E-state index in [1.807, 2.05) is 41.6 Å². The third kappa shape index (κ3) is 4.18. The second-order valence-electron chi connectivity index (χ2n) is 5.07. The van der Waals surface area contributed by atoms with Gasteiger partial charge in [-0.25, -0.2) is 0 Å². The Morgan fingerprint density at radius 2 is 1.43 bits per heavy atom. The van der Waals surface area contributed by atoms with Crippen molar-refractivity contribution in [2.75, 3.05) is 4.90 Å². The van der Waals surface area contributed by atoms with Crippen molar-refractivity contribution in [3.63, 3.8) is 0 Å². The number of anilines is 1. The number of aliphatic hydroxyl groups excluding tert-OH is 2. The summed E-state index contributed by atoms with van der Waals surface area (Å²) < 4.78 is 0. The van der Waals surface area contributed by atoms with Gasteiger partial charge in [-0.1, -0.05) is 36.4 Å². The molecule has 0 aliphatic heterocycles. The quantitative estimate of drug-likeness (QED) is 0.883. The summed E-state index contributed by atoms with van der Waals surface area (Å²) in [6.07, 6.45) is 5.98. The van der Waals surface area contributed by atoms with E-state index in [4.69, 9.17) is 0 Å². The highest BCUT2D eigenvalue weighted by molar-refractivity contribution is 5.95. The molecule has 2 atom stereocenters. The molecule has 2 N–H and O–H groups in total. The molecule has 110 valence electrons. The minimum absolute atomic E-state index is 0.526. The largest absolute Gasteiger partial charge is 0.389 e. The number of benzene rings is 2. The van der Waals surface area contributed by atoms with Gasteiger partial charge in [0.1, 0.15) is 0 Å². The van der Waals surface area contributed by atoms with E-state index in [0.29, 0.717) is 0 Å². The summed E-state index contributed by atoms with van der Waals surface area (Å²) >= 11 is 0. The van der Waals surface area contributed by atoms with E-state index in [1.54, 1.807) is 26.0 Å². The molecule has 2 aromatic carbocycles. The number of hydrogen-bond donors (Lipinski definition) is 2. The highest BCUT2D eigenvalue weighted by Gasteiger charge is 2.05. The number of fused-ring (bicyclic) bond motifs is 1. The standard InChI is InChI=1S/C18H21NO2/c1-14(20)10-12-19(13-11-15(2)21)18-9-5-7-16-6-3-4-8-17(16)18/h3-15,20-21H,1-2H3. The van der Waals surface area contributed by atoms with Gasteiger partial charge in [-0.3, -0.25) is 0 Å². The zero-order chi connectivity index (χ0) is 15.2. The van der Waals surface area contributed by atoms with Crippen LogP contribution in [0.4, 0.5) is 5.69 Å². The SMILES string of the molecule is CC(O)C=CN(C=CC(C)O)c1cccc2ccccc12. The summed E-state index contributed by atoms with van der Waals surface area (Å²) in [4.78, 5) is 1.90. The summed E-state index contributed by atoms with van der Waals surface area (Å²) in [5.74, 6) is 0. The molecule has 0 aliphatic rings. The third-order valence-electron chi connectivity index (χ3n) is 3.10. The van der Waals surface area contributed by atoms with Crippen molar-refractivity contribution in [1.82, 2.24) is 0 Å². The van der Waals surface area contributed by atoms with E-state index < -0.39 is 12.2 Å². The van der Waals surface area contributed by atoms with Crippen LogP contribution >= 0.6 is 0 Å². The van der Waals surface area contributed by atoms with Gasteiger partial charge in [0.2, 0.25) is 0 Å². The predicted octanol–water partition coefficient (Wildman–Crippen LogP) is 3.44. The van der Waals surface area contributed by atoms with Gasteiger partial charge in [-0.15, -0.1) is 0 Å². The Bertz CT molecular complexity index is 621. The molecule has 21 heavy (non-hydrogen) atoms. The lowest BCUT2D eigenvalue weighted by Gasteiger charge is -2.19. The second-order valence-corrected chi connectivity index (χ2v) is 5.07. The molecule has 0 saturated heterocycles. The van der Waals surface area contributed by atoms with Crippen molar-refractivity contribution in [3.05, 3.63) is 67.0 Å². The molecule has 0 radical (unpaired) electrons. The van der Waals surface area contributed by atoms with Gasteiger partial charge >= 0.3 is 0 Å². The van der Waals surface area contributed by atoms with Crippen LogP contribution in [0, 0.1) is 0 Å². The van der Waals surface area contributed by atoms with Crippen LogP contribution in [0.5, 0.6) is 0 Å². The van der Waals surface area contributed by atoms with E-state index in [1.165, 1.54) is 0 Å². The van der Waals surface area contributed by atoms with Crippen molar-refractivity contribution in [2.45, 2.75) is 26.1 Å². The summed E-state index contributed by atoms with van der Waals surface area (Å²) in [5.41, 5.74) is 1.00. The van der Waals surface area contributed by atoms with Gasteiger partial charge in [-0.05, 0) is 37.5 Å². The Kier molecular flexibility index (Phi) is 5.14. The molecular weight excluding hydrogens is 262 g/mol. The molecule has 3 nitrogen and oxygen atoms in total. The molecule has 0 saturated carbocycles. The minimum atomic E-state index is -0.526. The van der Waals surface area contributed by atoms with Gasteiger partial charge in [0.15, 0.2) is 0 Å². The second kappa shape index (κ2) is 7.07. The maximum Gasteiger partial charge on any atom is 0.0709 e. The van der Waals surface area contributed by atoms with Crippen LogP contribution < -0.4 is 4.90 Å². The van der Waals surface area contributed by atoms with Crippen LogP contribution in [0.15, 0.2) is 67.0 Å². The van der Waals surface area contributed by atoms with Crippen LogP contribution in [0.2, 0.25) is 0 Å². The lowest BCUT2D eigenvalue weighted by atomic mass is 10.1. The Labute approximate surface area is 125 Å². The number of rotatable bonds is 5. The average molecular weight is 283 g/mol. The Morgan fingerprint density at radius 3 is 2.05 bits per heavy atom. The van der Waals surface area contributed by atoms with Crippen molar-refractivity contribution in [1.29, 1.82) is 0 Å². The molecular formula is C18H21NO2. The molecule has 0 aliphatic carbocycles. The van der Waals surface area contributed by atoms with Gasteiger partial charge in [-0.2, -0.15) is 0 Å². The van der Waals surface area contributed by atoms with Crippen LogP contribution in [-0.2, 0) is 0 Å².